The fourth-order valence-electron chi connectivity index (χ4n) is 13.6. The molecule has 17 nitrogen and oxygen atoms in total. The van der Waals surface area contributed by atoms with E-state index in [4.69, 9.17) is 37.0 Å². The lowest BCUT2D eigenvalue weighted by molar-refractivity contribution is -0.161. The van der Waals surface area contributed by atoms with Crippen molar-refractivity contribution in [2.24, 2.45) is 5.92 Å². The second-order valence-electron chi connectivity index (χ2n) is 31.8. The Kier molecular flexibility index (Phi) is 78.2. The first-order valence-electron chi connectivity index (χ1n) is 45.1. The van der Waals surface area contributed by atoms with E-state index >= 15 is 0 Å². The summed E-state index contributed by atoms with van der Waals surface area (Å²) in [7, 11) is -9.93. The number of aliphatic hydroxyl groups is 1. The molecule has 0 heterocycles. The molecule has 0 amide bonds. The molecule has 0 rings (SSSR count). The number of esters is 4. The van der Waals surface area contributed by atoms with Gasteiger partial charge >= 0.3 is 39.5 Å². The molecule has 0 aliphatic rings. The number of ether oxygens (including phenoxy) is 4. The minimum absolute atomic E-state index is 0.109. The minimum Gasteiger partial charge on any atom is -0.462 e. The zero-order chi connectivity index (χ0) is 77.6. The van der Waals surface area contributed by atoms with Gasteiger partial charge in [-0.2, -0.15) is 0 Å². The molecule has 630 valence electrons. The van der Waals surface area contributed by atoms with Crippen LogP contribution in [-0.2, 0) is 65.4 Å². The summed E-state index contributed by atoms with van der Waals surface area (Å²) in [4.78, 5) is 73.3. The normalized spacial score (nSPS) is 13.7. The second kappa shape index (κ2) is 79.7. The van der Waals surface area contributed by atoms with Crippen LogP contribution in [0.25, 0.3) is 0 Å². The molecule has 0 aromatic heterocycles. The van der Waals surface area contributed by atoms with Crippen molar-refractivity contribution in [2.75, 3.05) is 39.6 Å². The maximum Gasteiger partial charge on any atom is 0.472 e. The summed E-state index contributed by atoms with van der Waals surface area (Å²) >= 11 is 0. The molecule has 0 saturated heterocycles. The molecule has 0 aromatic rings. The van der Waals surface area contributed by atoms with Crippen LogP contribution in [-0.4, -0.2) is 96.7 Å². The standard InChI is InChI=1S/C87H170O17P2/c1-6-9-12-15-18-21-24-26-28-30-31-32-33-35-37-43-48-53-58-63-68-73-87(92)104-83(77-98-85(90)71-66-61-56-51-46-41-39-38-40-45-49-54-59-64-69-80(4)5)79-102-106(95,96)100-75-81(88)74-99-105(93,94)101-78-82(76-97-84(89)70-65-60-55-50-44-23-20-17-14-11-8-3)103-86(91)72-67-62-57-52-47-42-36-34-29-27-25-22-19-16-13-10-7-2/h80-83,88H,6-79H2,1-5H3,(H,93,94)(H,95,96)/t81-,82+,83+/m0/s1. The van der Waals surface area contributed by atoms with Crippen LogP contribution in [0.3, 0.4) is 0 Å². The number of unbranched alkanes of at least 4 members (excludes halogenated alkanes) is 59. The van der Waals surface area contributed by atoms with E-state index in [0.29, 0.717) is 25.7 Å². The molecule has 0 saturated carbocycles. The number of carbonyl (C=O) groups is 4. The first kappa shape index (κ1) is 104. The molecule has 0 aliphatic carbocycles. The first-order chi connectivity index (χ1) is 51.5. The maximum atomic E-state index is 13.2. The van der Waals surface area contributed by atoms with Gasteiger partial charge in [-0.05, 0) is 31.6 Å². The molecule has 19 heteroatoms. The summed E-state index contributed by atoms with van der Waals surface area (Å²) in [6.45, 7) is 7.40. The Balaban J connectivity index is 5.23. The van der Waals surface area contributed by atoms with Gasteiger partial charge in [-0.25, -0.2) is 9.13 Å². The van der Waals surface area contributed by atoms with E-state index < -0.39 is 97.5 Å². The number of hydrogen-bond donors (Lipinski definition) is 3. The highest BCUT2D eigenvalue weighted by atomic mass is 31.2. The largest absolute Gasteiger partial charge is 0.472 e. The highest BCUT2D eigenvalue weighted by molar-refractivity contribution is 7.47. The van der Waals surface area contributed by atoms with E-state index in [1.807, 2.05) is 0 Å². The number of aliphatic hydroxyl groups excluding tert-OH is 1. The molecule has 0 bridgehead atoms. The third kappa shape index (κ3) is 80.1. The average Bonchev–Trinajstić information content (AvgIpc) is 0.903. The van der Waals surface area contributed by atoms with Crippen LogP contribution in [0.1, 0.15) is 471 Å². The first-order valence-corrected chi connectivity index (χ1v) is 48.1. The van der Waals surface area contributed by atoms with Crippen LogP contribution in [0, 0.1) is 5.92 Å². The van der Waals surface area contributed by atoms with Crippen molar-refractivity contribution in [1.82, 2.24) is 0 Å². The topological polar surface area (TPSA) is 237 Å². The van der Waals surface area contributed by atoms with E-state index in [-0.39, 0.29) is 25.7 Å². The SMILES string of the molecule is CCCCCCCCCCCCCCCCCCCCCCCC(=O)O[C@H](COC(=O)CCCCCCCCCCCCCCCCC(C)C)COP(=O)(O)OC[C@@H](O)COP(=O)(O)OC[C@@H](COC(=O)CCCCCCCCCCCCC)OC(=O)CCCCCCCCCCCCCCCCCCC. The zero-order valence-electron chi connectivity index (χ0n) is 69.6. The number of phosphoric ester groups is 2. The van der Waals surface area contributed by atoms with Crippen molar-refractivity contribution in [1.29, 1.82) is 0 Å². The van der Waals surface area contributed by atoms with Crippen LogP contribution in [0.2, 0.25) is 0 Å². The molecular formula is C87H170O17P2. The monoisotopic (exact) mass is 1550 g/mol. The van der Waals surface area contributed by atoms with E-state index in [2.05, 4.69) is 34.6 Å². The van der Waals surface area contributed by atoms with E-state index in [1.165, 1.54) is 295 Å². The predicted molar refractivity (Wildman–Crippen MR) is 437 cm³/mol. The second-order valence-corrected chi connectivity index (χ2v) is 34.7. The Labute approximate surface area is 651 Å². The van der Waals surface area contributed by atoms with Gasteiger partial charge in [-0.3, -0.25) is 37.3 Å². The number of phosphoric acid groups is 2. The van der Waals surface area contributed by atoms with E-state index in [1.54, 1.807) is 0 Å². The third-order valence-electron chi connectivity index (χ3n) is 20.5. The minimum atomic E-state index is -4.97. The lowest BCUT2D eigenvalue weighted by Gasteiger charge is -2.21. The summed E-state index contributed by atoms with van der Waals surface area (Å²) in [5.41, 5.74) is 0. The molecule has 5 atom stereocenters. The maximum absolute atomic E-state index is 13.2. The summed E-state index contributed by atoms with van der Waals surface area (Å²) < 4.78 is 68.9. The van der Waals surface area contributed by atoms with Gasteiger partial charge < -0.3 is 33.8 Å². The molecule has 2 unspecified atom stereocenters. The number of hydrogen-bond acceptors (Lipinski definition) is 15. The van der Waals surface area contributed by atoms with Gasteiger partial charge in [0, 0.05) is 25.7 Å². The molecule has 3 N–H and O–H groups in total. The predicted octanol–water partition coefficient (Wildman–Crippen LogP) is 26.8. The third-order valence-corrected chi connectivity index (χ3v) is 22.4. The van der Waals surface area contributed by atoms with Crippen LogP contribution in [0.5, 0.6) is 0 Å². The fraction of sp³-hybridized carbons (Fsp3) is 0.954. The van der Waals surface area contributed by atoms with Gasteiger partial charge in [0.25, 0.3) is 0 Å². The zero-order valence-corrected chi connectivity index (χ0v) is 71.4. The summed E-state index contributed by atoms with van der Waals surface area (Å²) in [5.74, 6) is -1.30. The Morgan fingerprint density at radius 2 is 0.434 bits per heavy atom. The smallest absolute Gasteiger partial charge is 0.462 e. The molecule has 0 aromatic carbocycles. The van der Waals surface area contributed by atoms with Gasteiger partial charge in [-0.15, -0.1) is 0 Å². The average molecular weight is 1550 g/mol. The van der Waals surface area contributed by atoms with E-state index in [0.717, 1.165) is 95.8 Å². The Morgan fingerprint density at radius 3 is 0.642 bits per heavy atom. The van der Waals surface area contributed by atoms with Crippen LogP contribution >= 0.6 is 15.6 Å². The van der Waals surface area contributed by atoms with Crippen molar-refractivity contribution >= 4 is 39.5 Å². The van der Waals surface area contributed by atoms with Gasteiger partial charge in [-0.1, -0.05) is 420 Å². The van der Waals surface area contributed by atoms with Crippen LogP contribution < -0.4 is 0 Å². The lowest BCUT2D eigenvalue weighted by atomic mass is 10.0. The molecule has 0 aliphatic heterocycles. The van der Waals surface area contributed by atoms with Crippen molar-refractivity contribution in [3.8, 4) is 0 Å². The van der Waals surface area contributed by atoms with Crippen molar-refractivity contribution in [3.05, 3.63) is 0 Å². The quantitative estimate of drug-likeness (QED) is 0.0222. The van der Waals surface area contributed by atoms with Crippen molar-refractivity contribution in [3.63, 3.8) is 0 Å². The highest BCUT2D eigenvalue weighted by Crippen LogP contribution is 2.45. The van der Waals surface area contributed by atoms with Crippen molar-refractivity contribution in [2.45, 2.75) is 490 Å². The molecule has 106 heavy (non-hydrogen) atoms. The van der Waals surface area contributed by atoms with Gasteiger partial charge in [0.05, 0.1) is 26.4 Å². The van der Waals surface area contributed by atoms with Crippen LogP contribution in [0.15, 0.2) is 0 Å². The molecule has 0 spiro atoms. The fourth-order valence-corrected chi connectivity index (χ4v) is 15.2. The summed E-state index contributed by atoms with van der Waals surface area (Å²) in [6, 6.07) is 0. The van der Waals surface area contributed by atoms with Crippen molar-refractivity contribution < 1.29 is 80.2 Å². The Bertz CT molecular complexity index is 2010. The Hall–Kier alpha value is -1.94. The molecule has 0 radical (unpaired) electrons. The van der Waals surface area contributed by atoms with Gasteiger partial charge in [0.2, 0.25) is 0 Å². The van der Waals surface area contributed by atoms with Gasteiger partial charge in [0.15, 0.2) is 12.2 Å². The van der Waals surface area contributed by atoms with Crippen LogP contribution in [0.4, 0.5) is 0 Å². The molecule has 0 fully saturated rings. The number of carbonyl (C=O) groups excluding carboxylic acids is 4. The lowest BCUT2D eigenvalue weighted by Crippen LogP contribution is -2.30. The Morgan fingerprint density at radius 1 is 0.255 bits per heavy atom. The summed E-state index contributed by atoms with van der Waals surface area (Å²) in [5, 5.41) is 10.7. The molecular weight excluding hydrogens is 1380 g/mol. The number of rotatable bonds is 87. The van der Waals surface area contributed by atoms with E-state index in [9.17, 15) is 43.2 Å². The van der Waals surface area contributed by atoms with Gasteiger partial charge in [0.1, 0.15) is 19.3 Å². The summed E-state index contributed by atoms with van der Waals surface area (Å²) in [6.07, 6.45) is 73.6. The highest BCUT2D eigenvalue weighted by Gasteiger charge is 2.30.